The zero-order chi connectivity index (χ0) is 21.5. The summed E-state index contributed by atoms with van der Waals surface area (Å²) in [5.74, 6) is 0.492. The molecule has 1 aromatic heterocycles. The summed E-state index contributed by atoms with van der Waals surface area (Å²) in [6, 6.07) is 16.5. The van der Waals surface area contributed by atoms with Gasteiger partial charge in [0.25, 0.3) is 5.91 Å². The highest BCUT2D eigenvalue weighted by Crippen LogP contribution is 2.28. The zero-order valence-electron chi connectivity index (χ0n) is 16.6. The van der Waals surface area contributed by atoms with Gasteiger partial charge >= 0.3 is 0 Å². The van der Waals surface area contributed by atoms with Gasteiger partial charge in [0.15, 0.2) is 6.10 Å². The number of aromatic nitrogens is 2. The van der Waals surface area contributed by atoms with Crippen molar-refractivity contribution in [1.82, 2.24) is 15.5 Å². The number of rotatable bonds is 8. The van der Waals surface area contributed by atoms with Gasteiger partial charge in [0.05, 0.1) is 17.3 Å². The predicted molar refractivity (Wildman–Crippen MR) is 117 cm³/mol. The quantitative estimate of drug-likeness (QED) is 0.507. The number of carbonyl (C=O) groups is 1. The van der Waals surface area contributed by atoms with Crippen molar-refractivity contribution < 1.29 is 14.3 Å². The van der Waals surface area contributed by atoms with E-state index in [1.165, 1.54) is 5.56 Å². The lowest BCUT2D eigenvalue weighted by Gasteiger charge is -2.15. The Kier molecular flexibility index (Phi) is 7.49. The van der Waals surface area contributed by atoms with E-state index in [1.54, 1.807) is 31.2 Å². The van der Waals surface area contributed by atoms with Crippen LogP contribution in [0.5, 0.6) is 11.6 Å². The second-order valence-corrected chi connectivity index (χ2v) is 7.44. The van der Waals surface area contributed by atoms with Crippen molar-refractivity contribution in [3.63, 3.8) is 0 Å². The third-order valence-corrected chi connectivity index (χ3v) is 4.74. The standard InChI is InChI=1S/C22H21Cl2N3O3/c1-14-3-5-16(6-4-14)19-8-10-21(27-26-19)29-12-11-25-22(28)15(2)30-20-9-7-17(23)13-18(20)24/h3-10,13,15H,11-12H2,1-2H3,(H,25,28). The number of hydrogen-bond acceptors (Lipinski definition) is 5. The molecule has 3 rings (SSSR count). The molecule has 6 nitrogen and oxygen atoms in total. The number of amides is 1. The van der Waals surface area contributed by atoms with E-state index in [9.17, 15) is 4.79 Å². The third-order valence-electron chi connectivity index (χ3n) is 4.21. The van der Waals surface area contributed by atoms with E-state index < -0.39 is 6.10 Å². The van der Waals surface area contributed by atoms with Gasteiger partial charge in [-0.05, 0) is 38.1 Å². The van der Waals surface area contributed by atoms with E-state index >= 15 is 0 Å². The van der Waals surface area contributed by atoms with Crippen LogP contribution in [0.3, 0.4) is 0 Å². The fraction of sp³-hybridized carbons (Fsp3) is 0.227. The Morgan fingerprint density at radius 3 is 2.50 bits per heavy atom. The Balaban J connectivity index is 1.42. The topological polar surface area (TPSA) is 73.3 Å². The summed E-state index contributed by atoms with van der Waals surface area (Å²) >= 11 is 11.9. The van der Waals surface area contributed by atoms with Crippen LogP contribution in [0, 0.1) is 6.92 Å². The molecule has 0 bridgehead atoms. The highest BCUT2D eigenvalue weighted by molar-refractivity contribution is 6.35. The van der Waals surface area contributed by atoms with Gasteiger partial charge in [-0.3, -0.25) is 4.79 Å². The summed E-state index contributed by atoms with van der Waals surface area (Å²) in [7, 11) is 0. The maximum atomic E-state index is 12.2. The number of carbonyl (C=O) groups excluding carboxylic acids is 1. The molecule has 0 aliphatic heterocycles. The van der Waals surface area contributed by atoms with Crippen LogP contribution in [0.4, 0.5) is 0 Å². The average Bonchev–Trinajstić information content (AvgIpc) is 2.74. The molecule has 1 amide bonds. The van der Waals surface area contributed by atoms with Gasteiger partial charge in [-0.15, -0.1) is 10.2 Å². The van der Waals surface area contributed by atoms with E-state index in [0.29, 0.717) is 28.2 Å². The molecular formula is C22H21Cl2N3O3. The molecule has 1 heterocycles. The first-order valence-electron chi connectivity index (χ1n) is 9.35. The predicted octanol–water partition coefficient (Wildman–Crippen LogP) is 4.72. The SMILES string of the molecule is Cc1ccc(-c2ccc(OCCNC(=O)C(C)Oc3ccc(Cl)cc3Cl)nn2)cc1. The molecule has 0 fully saturated rings. The summed E-state index contributed by atoms with van der Waals surface area (Å²) in [5.41, 5.74) is 2.94. The molecule has 3 aromatic rings. The van der Waals surface area contributed by atoms with Gasteiger partial charge < -0.3 is 14.8 Å². The lowest BCUT2D eigenvalue weighted by molar-refractivity contribution is -0.127. The van der Waals surface area contributed by atoms with Gasteiger partial charge in [0.1, 0.15) is 12.4 Å². The smallest absolute Gasteiger partial charge is 0.260 e. The zero-order valence-corrected chi connectivity index (χ0v) is 18.1. The second kappa shape index (κ2) is 10.3. The largest absolute Gasteiger partial charge is 0.479 e. The number of nitrogens with zero attached hydrogens (tertiary/aromatic N) is 2. The van der Waals surface area contributed by atoms with Crippen molar-refractivity contribution in [2.75, 3.05) is 13.2 Å². The minimum atomic E-state index is -0.725. The van der Waals surface area contributed by atoms with Crippen molar-refractivity contribution in [2.24, 2.45) is 0 Å². The molecular weight excluding hydrogens is 425 g/mol. The van der Waals surface area contributed by atoms with Crippen molar-refractivity contribution >= 4 is 29.1 Å². The van der Waals surface area contributed by atoms with Crippen LogP contribution >= 0.6 is 23.2 Å². The Hall–Kier alpha value is -2.83. The van der Waals surface area contributed by atoms with Crippen LogP contribution < -0.4 is 14.8 Å². The normalized spacial score (nSPS) is 11.6. The molecule has 0 saturated carbocycles. The third kappa shape index (κ3) is 6.08. The molecule has 0 spiro atoms. The fourth-order valence-electron chi connectivity index (χ4n) is 2.56. The molecule has 2 aromatic carbocycles. The molecule has 1 atom stereocenters. The summed E-state index contributed by atoms with van der Waals surface area (Å²) in [4.78, 5) is 12.2. The van der Waals surface area contributed by atoms with E-state index in [1.807, 2.05) is 37.3 Å². The fourth-order valence-corrected chi connectivity index (χ4v) is 3.02. The Morgan fingerprint density at radius 2 is 1.83 bits per heavy atom. The molecule has 156 valence electrons. The first-order valence-corrected chi connectivity index (χ1v) is 10.1. The Labute approximate surface area is 185 Å². The first kappa shape index (κ1) is 21.9. The van der Waals surface area contributed by atoms with Crippen LogP contribution in [-0.4, -0.2) is 35.4 Å². The maximum Gasteiger partial charge on any atom is 0.260 e. The van der Waals surface area contributed by atoms with E-state index in [0.717, 1.165) is 11.3 Å². The minimum absolute atomic E-state index is 0.249. The van der Waals surface area contributed by atoms with Crippen molar-refractivity contribution in [3.05, 3.63) is 70.2 Å². The maximum absolute atomic E-state index is 12.2. The molecule has 8 heteroatoms. The number of aryl methyl sites for hydroxylation is 1. The highest BCUT2D eigenvalue weighted by Gasteiger charge is 2.16. The van der Waals surface area contributed by atoms with Crippen molar-refractivity contribution in [3.8, 4) is 22.9 Å². The van der Waals surface area contributed by atoms with E-state index in [-0.39, 0.29) is 12.5 Å². The number of benzene rings is 2. The molecule has 0 radical (unpaired) electrons. The first-order chi connectivity index (χ1) is 14.4. The number of nitrogens with one attached hydrogen (secondary N) is 1. The molecule has 1 N–H and O–H groups in total. The van der Waals surface area contributed by atoms with Crippen LogP contribution in [0.2, 0.25) is 10.0 Å². The summed E-state index contributed by atoms with van der Waals surface area (Å²) in [5, 5.41) is 11.8. The van der Waals surface area contributed by atoms with Gasteiger partial charge in [-0.25, -0.2) is 0 Å². The van der Waals surface area contributed by atoms with Crippen LogP contribution in [0.15, 0.2) is 54.6 Å². The van der Waals surface area contributed by atoms with Crippen LogP contribution in [-0.2, 0) is 4.79 Å². The lowest BCUT2D eigenvalue weighted by Crippen LogP contribution is -2.38. The Morgan fingerprint density at radius 1 is 1.07 bits per heavy atom. The highest BCUT2D eigenvalue weighted by atomic mass is 35.5. The van der Waals surface area contributed by atoms with E-state index in [4.69, 9.17) is 32.7 Å². The number of ether oxygens (including phenoxy) is 2. The number of hydrogen-bond donors (Lipinski definition) is 1. The summed E-state index contributed by atoms with van der Waals surface area (Å²) in [6.07, 6.45) is -0.725. The molecule has 0 aliphatic rings. The van der Waals surface area contributed by atoms with Crippen molar-refractivity contribution in [2.45, 2.75) is 20.0 Å². The molecule has 0 aliphatic carbocycles. The van der Waals surface area contributed by atoms with Gasteiger partial charge in [-0.1, -0.05) is 53.0 Å². The number of halogens is 2. The minimum Gasteiger partial charge on any atom is -0.479 e. The van der Waals surface area contributed by atoms with Gasteiger partial charge in [0.2, 0.25) is 5.88 Å². The monoisotopic (exact) mass is 445 g/mol. The van der Waals surface area contributed by atoms with Crippen LogP contribution in [0.1, 0.15) is 12.5 Å². The van der Waals surface area contributed by atoms with Gasteiger partial charge in [0, 0.05) is 16.7 Å². The van der Waals surface area contributed by atoms with Gasteiger partial charge in [-0.2, -0.15) is 0 Å². The van der Waals surface area contributed by atoms with Crippen molar-refractivity contribution in [1.29, 1.82) is 0 Å². The second-order valence-electron chi connectivity index (χ2n) is 6.60. The van der Waals surface area contributed by atoms with E-state index in [2.05, 4.69) is 15.5 Å². The summed E-state index contributed by atoms with van der Waals surface area (Å²) < 4.78 is 11.1. The summed E-state index contributed by atoms with van der Waals surface area (Å²) in [6.45, 7) is 4.21. The lowest BCUT2D eigenvalue weighted by atomic mass is 10.1. The molecule has 0 saturated heterocycles. The average molecular weight is 446 g/mol. The van der Waals surface area contributed by atoms with Crippen LogP contribution in [0.25, 0.3) is 11.3 Å². The molecule has 30 heavy (non-hydrogen) atoms. The Bertz CT molecular complexity index is 996. The molecule has 1 unspecified atom stereocenters.